The number of fused-ring (bicyclic) bond motifs is 3. The SMILES string of the molecule is Cc1cccc(N)c1-c1nnc2c3[nH]cnc3ncn12. The topological polar surface area (TPSA) is 97.8 Å². The van der Waals surface area contributed by atoms with E-state index in [-0.39, 0.29) is 0 Å². The van der Waals surface area contributed by atoms with Crippen molar-refractivity contribution in [3.05, 3.63) is 36.4 Å². The summed E-state index contributed by atoms with van der Waals surface area (Å²) >= 11 is 0. The lowest BCUT2D eigenvalue weighted by molar-refractivity contribution is 1.09. The molecule has 0 bridgehead atoms. The maximum Gasteiger partial charge on any atom is 0.190 e. The zero-order valence-electron chi connectivity index (χ0n) is 10.7. The van der Waals surface area contributed by atoms with Gasteiger partial charge < -0.3 is 10.7 Å². The van der Waals surface area contributed by atoms with Gasteiger partial charge in [-0.3, -0.25) is 4.40 Å². The summed E-state index contributed by atoms with van der Waals surface area (Å²) in [7, 11) is 0. The van der Waals surface area contributed by atoms with Gasteiger partial charge in [-0.05, 0) is 18.6 Å². The summed E-state index contributed by atoms with van der Waals surface area (Å²) in [6.45, 7) is 1.99. The van der Waals surface area contributed by atoms with Crippen molar-refractivity contribution in [3.63, 3.8) is 0 Å². The van der Waals surface area contributed by atoms with Gasteiger partial charge in [0.05, 0.1) is 6.33 Å². The van der Waals surface area contributed by atoms with Crippen molar-refractivity contribution in [3.8, 4) is 11.4 Å². The second kappa shape index (κ2) is 3.77. The van der Waals surface area contributed by atoms with E-state index >= 15 is 0 Å². The minimum absolute atomic E-state index is 0.620. The largest absolute Gasteiger partial charge is 0.398 e. The van der Waals surface area contributed by atoms with Gasteiger partial charge in [-0.2, -0.15) is 0 Å². The van der Waals surface area contributed by atoms with Gasteiger partial charge in [0.1, 0.15) is 11.8 Å². The molecule has 0 aliphatic carbocycles. The highest BCUT2D eigenvalue weighted by molar-refractivity contribution is 5.86. The van der Waals surface area contributed by atoms with Crippen molar-refractivity contribution in [2.24, 2.45) is 0 Å². The number of anilines is 1. The maximum atomic E-state index is 6.07. The molecular formula is C13H11N7. The number of aryl methyl sites for hydroxylation is 1. The molecule has 7 heteroatoms. The number of aromatic amines is 1. The Labute approximate surface area is 113 Å². The molecule has 0 atom stereocenters. The van der Waals surface area contributed by atoms with Crippen molar-refractivity contribution in [2.75, 3.05) is 5.73 Å². The van der Waals surface area contributed by atoms with Crippen molar-refractivity contribution >= 4 is 22.5 Å². The van der Waals surface area contributed by atoms with E-state index < -0.39 is 0 Å². The summed E-state index contributed by atoms with van der Waals surface area (Å²) in [6.07, 6.45) is 3.26. The summed E-state index contributed by atoms with van der Waals surface area (Å²) in [4.78, 5) is 11.4. The van der Waals surface area contributed by atoms with Gasteiger partial charge in [0.25, 0.3) is 0 Å². The molecule has 3 aromatic heterocycles. The highest BCUT2D eigenvalue weighted by atomic mass is 15.3. The standard InChI is InChI=1S/C13H11N7/c1-7-3-2-4-8(14)9(7)12-18-19-13-10-11(16-5-15-10)17-6-20(12)13/h2-6H,14H2,1H3,(H,15,16). The molecule has 0 saturated heterocycles. The van der Waals surface area contributed by atoms with Gasteiger partial charge in [-0.1, -0.05) is 12.1 Å². The van der Waals surface area contributed by atoms with Crippen LogP contribution in [0.25, 0.3) is 28.2 Å². The molecule has 0 unspecified atom stereocenters. The molecular weight excluding hydrogens is 254 g/mol. The molecule has 0 aliphatic rings. The number of imidazole rings is 1. The van der Waals surface area contributed by atoms with Crippen LogP contribution in [-0.4, -0.2) is 29.5 Å². The number of rotatable bonds is 1. The van der Waals surface area contributed by atoms with Crippen molar-refractivity contribution < 1.29 is 0 Å². The Kier molecular flexibility index (Phi) is 2.06. The Morgan fingerprint density at radius 1 is 1.20 bits per heavy atom. The fraction of sp³-hybridized carbons (Fsp3) is 0.0769. The van der Waals surface area contributed by atoms with E-state index in [0.717, 1.165) is 16.6 Å². The smallest absolute Gasteiger partial charge is 0.190 e. The second-order valence-electron chi connectivity index (χ2n) is 4.60. The van der Waals surface area contributed by atoms with Crippen LogP contribution < -0.4 is 5.73 Å². The number of hydrogen-bond acceptors (Lipinski definition) is 5. The lowest BCUT2D eigenvalue weighted by atomic mass is 10.1. The number of benzene rings is 1. The number of nitrogens with one attached hydrogen (secondary N) is 1. The Hall–Kier alpha value is -2.96. The van der Waals surface area contributed by atoms with E-state index in [9.17, 15) is 0 Å². The van der Waals surface area contributed by atoms with Crippen LogP contribution in [0.3, 0.4) is 0 Å². The summed E-state index contributed by atoms with van der Waals surface area (Å²) in [5, 5.41) is 8.49. The molecule has 20 heavy (non-hydrogen) atoms. The quantitative estimate of drug-likeness (QED) is 0.509. The van der Waals surface area contributed by atoms with E-state index in [0.29, 0.717) is 22.8 Å². The fourth-order valence-corrected chi connectivity index (χ4v) is 2.40. The van der Waals surface area contributed by atoms with Crippen molar-refractivity contribution in [1.82, 2.24) is 29.5 Å². The molecule has 4 aromatic rings. The van der Waals surface area contributed by atoms with Crippen LogP contribution in [0.15, 0.2) is 30.9 Å². The summed E-state index contributed by atoms with van der Waals surface area (Å²) in [5.41, 5.74) is 10.7. The number of hydrogen-bond donors (Lipinski definition) is 2. The minimum atomic E-state index is 0.620. The number of nitrogens with zero attached hydrogens (tertiary/aromatic N) is 5. The zero-order chi connectivity index (χ0) is 13.7. The van der Waals surface area contributed by atoms with Gasteiger partial charge >= 0.3 is 0 Å². The number of aromatic nitrogens is 6. The van der Waals surface area contributed by atoms with Crippen LogP contribution in [-0.2, 0) is 0 Å². The average molecular weight is 265 g/mol. The lowest BCUT2D eigenvalue weighted by Crippen LogP contribution is -1.98. The van der Waals surface area contributed by atoms with Crippen LogP contribution in [0.4, 0.5) is 5.69 Å². The van der Waals surface area contributed by atoms with Crippen LogP contribution in [0.2, 0.25) is 0 Å². The molecule has 0 saturated carbocycles. The van der Waals surface area contributed by atoms with Gasteiger partial charge in [0.2, 0.25) is 0 Å². The van der Waals surface area contributed by atoms with Crippen molar-refractivity contribution in [1.29, 1.82) is 0 Å². The molecule has 7 nitrogen and oxygen atoms in total. The lowest BCUT2D eigenvalue weighted by Gasteiger charge is -2.07. The molecule has 0 fully saturated rings. The maximum absolute atomic E-state index is 6.07. The molecule has 0 aliphatic heterocycles. The van der Waals surface area contributed by atoms with E-state index in [1.807, 2.05) is 29.5 Å². The Morgan fingerprint density at radius 3 is 2.95 bits per heavy atom. The van der Waals surface area contributed by atoms with E-state index in [1.165, 1.54) is 0 Å². The zero-order valence-corrected chi connectivity index (χ0v) is 10.7. The first kappa shape index (κ1) is 10.9. The van der Waals surface area contributed by atoms with E-state index in [4.69, 9.17) is 5.73 Å². The Balaban J connectivity index is 2.10. The Morgan fingerprint density at radius 2 is 2.10 bits per heavy atom. The molecule has 3 N–H and O–H groups in total. The van der Waals surface area contributed by atoms with Gasteiger partial charge in [-0.25, -0.2) is 9.97 Å². The second-order valence-corrected chi connectivity index (χ2v) is 4.60. The van der Waals surface area contributed by atoms with Crippen LogP contribution in [0, 0.1) is 6.92 Å². The number of nitrogens with two attached hydrogens (primary N) is 1. The predicted octanol–water partition coefficient (Wildman–Crippen LogP) is 1.56. The molecule has 0 radical (unpaired) electrons. The van der Waals surface area contributed by atoms with E-state index in [2.05, 4.69) is 25.1 Å². The van der Waals surface area contributed by atoms with E-state index in [1.54, 1.807) is 12.7 Å². The van der Waals surface area contributed by atoms with Crippen LogP contribution in [0.5, 0.6) is 0 Å². The van der Waals surface area contributed by atoms with Gasteiger partial charge in [0.15, 0.2) is 17.1 Å². The normalized spacial score (nSPS) is 11.4. The number of nitrogen functional groups attached to an aromatic ring is 1. The molecule has 0 spiro atoms. The third kappa shape index (κ3) is 1.34. The Bertz CT molecular complexity index is 914. The summed E-state index contributed by atoms with van der Waals surface area (Å²) < 4.78 is 1.82. The van der Waals surface area contributed by atoms with Crippen LogP contribution in [0.1, 0.15) is 5.56 Å². The average Bonchev–Trinajstić information content (AvgIpc) is 3.04. The first-order chi connectivity index (χ1) is 9.75. The van der Waals surface area contributed by atoms with Crippen LogP contribution >= 0.6 is 0 Å². The predicted molar refractivity (Wildman–Crippen MR) is 75.0 cm³/mol. The van der Waals surface area contributed by atoms with Gasteiger partial charge in [0, 0.05) is 11.3 Å². The van der Waals surface area contributed by atoms with Crippen molar-refractivity contribution in [2.45, 2.75) is 6.92 Å². The minimum Gasteiger partial charge on any atom is -0.398 e. The third-order valence-corrected chi connectivity index (χ3v) is 3.36. The van der Waals surface area contributed by atoms with Gasteiger partial charge in [-0.15, -0.1) is 10.2 Å². The summed E-state index contributed by atoms with van der Waals surface area (Å²) in [5.74, 6) is 0.680. The highest BCUT2D eigenvalue weighted by Gasteiger charge is 2.16. The molecule has 1 aromatic carbocycles. The molecule has 0 amide bonds. The molecule has 98 valence electrons. The first-order valence-electron chi connectivity index (χ1n) is 6.14. The fourth-order valence-electron chi connectivity index (χ4n) is 2.40. The monoisotopic (exact) mass is 265 g/mol. The highest BCUT2D eigenvalue weighted by Crippen LogP contribution is 2.28. The molecule has 3 heterocycles. The molecule has 4 rings (SSSR count). The summed E-state index contributed by atoms with van der Waals surface area (Å²) in [6, 6.07) is 5.77. The third-order valence-electron chi connectivity index (χ3n) is 3.36. The number of H-pyrrole nitrogens is 1. The first-order valence-corrected chi connectivity index (χ1v) is 6.14.